The molecule has 4 aromatic rings. The molecule has 0 saturated heterocycles. The van der Waals surface area contributed by atoms with Crippen molar-refractivity contribution in [3.05, 3.63) is 93.3 Å². The molecular weight excluding hydrogens is 684 g/mol. The lowest BCUT2D eigenvalue weighted by Gasteiger charge is -2.09. The van der Waals surface area contributed by atoms with Crippen molar-refractivity contribution in [3.8, 4) is 23.0 Å². The number of nitrogens with two attached hydrogens (primary N) is 1. The Labute approximate surface area is 301 Å². The molecule has 0 fully saturated rings. The van der Waals surface area contributed by atoms with Crippen LogP contribution >= 0.6 is 0 Å². The smallest absolute Gasteiger partial charge is 0.329 e. The van der Waals surface area contributed by atoms with Crippen molar-refractivity contribution in [1.29, 1.82) is 0 Å². The van der Waals surface area contributed by atoms with Crippen LogP contribution in [0.15, 0.2) is 73.1 Å². The van der Waals surface area contributed by atoms with Gasteiger partial charge in [0, 0.05) is 52.8 Å². The molecule has 0 radical (unpaired) electrons. The van der Waals surface area contributed by atoms with Crippen molar-refractivity contribution in [2.75, 3.05) is 63.2 Å². The number of methoxy groups -OCH3 is 2. The van der Waals surface area contributed by atoms with E-state index in [2.05, 4.69) is 30.7 Å². The van der Waals surface area contributed by atoms with Crippen molar-refractivity contribution >= 4 is 46.3 Å². The molecule has 0 saturated carbocycles. The van der Waals surface area contributed by atoms with E-state index in [0.717, 1.165) is 0 Å². The molecule has 52 heavy (non-hydrogen) atoms. The van der Waals surface area contributed by atoms with Crippen LogP contribution in [-0.4, -0.2) is 78.3 Å². The first-order valence-corrected chi connectivity index (χ1v) is 13.9. The minimum absolute atomic E-state index is 0. The first kappa shape index (κ1) is 47.5. The number of amides is 1. The highest BCUT2D eigenvalue weighted by Crippen LogP contribution is 2.32. The Bertz CT molecular complexity index is 1740. The van der Waals surface area contributed by atoms with Crippen LogP contribution < -0.4 is 31.2 Å². The number of aromatic nitrogens is 2. The number of carbonyl (C=O) groups excluding carboxylic acids is 1. The third kappa shape index (κ3) is 16.2. The zero-order valence-electron chi connectivity index (χ0n) is 26.7. The monoisotopic (exact) mass is 730 g/mol. The van der Waals surface area contributed by atoms with Gasteiger partial charge in [0.2, 0.25) is 0 Å². The molecule has 0 bridgehead atoms. The summed E-state index contributed by atoms with van der Waals surface area (Å²) in [5.74, 6) is 0.823. The van der Waals surface area contributed by atoms with Gasteiger partial charge in [0.25, 0.3) is 17.3 Å². The Kier molecular flexibility index (Phi) is 22.4. The number of hydrogen-bond acceptors (Lipinski definition) is 15. The highest BCUT2D eigenvalue weighted by Gasteiger charge is 2.16. The predicted octanol–water partition coefficient (Wildman–Crippen LogP) is 6.44. The van der Waals surface area contributed by atoms with Crippen molar-refractivity contribution in [3.63, 3.8) is 0 Å². The summed E-state index contributed by atoms with van der Waals surface area (Å²) in [6.45, 7) is -0.301. The molecule has 6 N–H and O–H groups in total. The number of aliphatic carboxylic acids is 1. The SMILES string of the molecule is C.C.C.CNc1ccc(Oc2ccnc(N)c2)cc1[N+](=O)[O-].CNc1ccc(Oc2ccnc(NC(=O)COC)c2)cc1[N+](=O)[O-].COCC(=O)O. The Morgan fingerprint density at radius 1 is 0.731 bits per heavy atom. The molecule has 2 aromatic heterocycles. The van der Waals surface area contributed by atoms with E-state index in [-0.39, 0.29) is 58.6 Å². The molecule has 0 aliphatic carbocycles. The number of anilines is 4. The Morgan fingerprint density at radius 3 is 1.56 bits per heavy atom. The quantitative estimate of drug-likeness (QED) is 0.0731. The van der Waals surface area contributed by atoms with Gasteiger partial charge in [0.1, 0.15) is 59.2 Å². The Balaban J connectivity index is 0. The largest absolute Gasteiger partial charge is 0.480 e. The minimum atomic E-state index is -0.933. The number of hydrogen-bond donors (Lipinski definition) is 5. The molecule has 2 aromatic carbocycles. The average Bonchev–Trinajstić information content (AvgIpc) is 3.05. The number of rotatable bonds is 13. The number of nitro groups is 2. The number of benzene rings is 2. The maximum absolute atomic E-state index is 11.5. The second-order valence-corrected chi connectivity index (χ2v) is 9.18. The van der Waals surface area contributed by atoms with Crippen LogP contribution in [-0.2, 0) is 19.1 Å². The summed E-state index contributed by atoms with van der Waals surface area (Å²) in [6, 6.07) is 15.3. The molecule has 0 aliphatic heterocycles. The summed E-state index contributed by atoms with van der Waals surface area (Å²) >= 11 is 0. The normalized spacial score (nSPS) is 9.23. The number of carboxylic acid groups (broad SMARTS) is 1. The van der Waals surface area contributed by atoms with Crippen LogP contribution in [0.25, 0.3) is 0 Å². The molecule has 0 aliphatic rings. The van der Waals surface area contributed by atoms with Gasteiger partial charge in [-0.2, -0.15) is 0 Å². The maximum atomic E-state index is 11.5. The zero-order valence-corrected chi connectivity index (χ0v) is 26.7. The van der Waals surface area contributed by atoms with Gasteiger partial charge in [0.15, 0.2) is 0 Å². The van der Waals surface area contributed by atoms with Crippen LogP contribution in [0, 0.1) is 20.2 Å². The Hall–Kier alpha value is -6.60. The minimum Gasteiger partial charge on any atom is -0.480 e. The molecule has 1 amide bonds. The Morgan fingerprint density at radius 2 is 1.17 bits per heavy atom. The summed E-state index contributed by atoms with van der Waals surface area (Å²) in [4.78, 5) is 49.8. The van der Waals surface area contributed by atoms with E-state index in [1.807, 2.05) is 0 Å². The summed E-state index contributed by atoms with van der Waals surface area (Å²) in [7, 11) is 5.97. The third-order valence-corrected chi connectivity index (χ3v) is 5.64. The van der Waals surface area contributed by atoms with Gasteiger partial charge in [-0.25, -0.2) is 14.8 Å². The molecule has 19 nitrogen and oxygen atoms in total. The van der Waals surface area contributed by atoms with Gasteiger partial charge >= 0.3 is 5.97 Å². The van der Waals surface area contributed by atoms with Crippen molar-refractivity contribution < 1.29 is 43.5 Å². The predicted molar refractivity (Wildman–Crippen MR) is 199 cm³/mol. The van der Waals surface area contributed by atoms with Gasteiger partial charge in [-0.3, -0.25) is 25.0 Å². The van der Waals surface area contributed by atoms with E-state index in [0.29, 0.717) is 40.2 Å². The maximum Gasteiger partial charge on any atom is 0.329 e. The lowest BCUT2D eigenvalue weighted by atomic mass is 10.2. The first-order chi connectivity index (χ1) is 23.4. The van der Waals surface area contributed by atoms with Crippen LogP contribution in [0.3, 0.4) is 0 Å². The molecule has 4 rings (SSSR count). The van der Waals surface area contributed by atoms with Crippen LogP contribution in [0.1, 0.15) is 22.3 Å². The number of nitrogens with zero attached hydrogens (tertiary/aromatic N) is 4. The van der Waals surface area contributed by atoms with E-state index >= 15 is 0 Å². The topological polar surface area (TPSA) is 265 Å². The number of nitrogens with one attached hydrogen (secondary N) is 3. The number of nitrogen functional groups attached to an aromatic ring is 1. The van der Waals surface area contributed by atoms with E-state index in [1.54, 1.807) is 50.5 Å². The van der Waals surface area contributed by atoms with Gasteiger partial charge in [-0.1, -0.05) is 22.3 Å². The number of carboxylic acids is 1. The standard InChI is InChI=1S/C15H16N4O5.C12H12N4O3.C3H6O3.3CH4/c1-16-12-4-3-10(7-13(12)19(21)22)24-11-5-6-17-14(8-11)18-15(20)9-23-2;1-14-10-3-2-8(6-11(10)16(17)18)19-9-4-5-15-12(13)7-9;1-6-2-3(4)5;;;/h3-8,16H,9H2,1-2H3,(H,17,18,20);2-7,14H,1H3,(H2,13,15);2H2,1H3,(H,4,5);3*1H4. The third-order valence-electron chi connectivity index (χ3n) is 5.64. The van der Waals surface area contributed by atoms with E-state index in [9.17, 15) is 29.8 Å². The zero-order chi connectivity index (χ0) is 36.3. The van der Waals surface area contributed by atoms with Crippen molar-refractivity contribution in [1.82, 2.24) is 9.97 Å². The molecule has 19 heteroatoms. The fraction of sp³-hybridized carbons (Fsp3) is 0.273. The summed E-state index contributed by atoms with van der Waals surface area (Å²) < 4.78 is 20.0. The summed E-state index contributed by atoms with van der Waals surface area (Å²) in [5, 5.41) is 37.8. The average molecular weight is 731 g/mol. The number of nitro benzene ring substituents is 2. The molecule has 0 unspecified atom stereocenters. The van der Waals surface area contributed by atoms with E-state index < -0.39 is 15.8 Å². The van der Waals surface area contributed by atoms with E-state index in [4.69, 9.17) is 25.1 Å². The van der Waals surface area contributed by atoms with Crippen molar-refractivity contribution in [2.24, 2.45) is 0 Å². The molecule has 284 valence electrons. The lowest BCUT2D eigenvalue weighted by molar-refractivity contribution is -0.384. The lowest BCUT2D eigenvalue weighted by Crippen LogP contribution is -2.17. The highest BCUT2D eigenvalue weighted by atomic mass is 16.6. The molecule has 2 heterocycles. The second kappa shape index (κ2) is 24.5. The van der Waals surface area contributed by atoms with Gasteiger partial charge in [0.05, 0.1) is 22.0 Å². The van der Waals surface area contributed by atoms with Crippen LogP contribution in [0.2, 0.25) is 0 Å². The van der Waals surface area contributed by atoms with Gasteiger partial charge < -0.3 is 45.7 Å². The molecule has 0 atom stereocenters. The second-order valence-electron chi connectivity index (χ2n) is 9.18. The summed E-state index contributed by atoms with van der Waals surface area (Å²) in [6.07, 6.45) is 2.95. The number of carbonyl (C=O) groups is 2. The molecular formula is C33H46N8O11. The number of pyridine rings is 2. The van der Waals surface area contributed by atoms with E-state index in [1.165, 1.54) is 50.9 Å². The van der Waals surface area contributed by atoms with Crippen LogP contribution in [0.4, 0.5) is 34.4 Å². The van der Waals surface area contributed by atoms with Crippen LogP contribution in [0.5, 0.6) is 23.0 Å². The molecule has 0 spiro atoms. The first-order valence-electron chi connectivity index (χ1n) is 13.9. The highest BCUT2D eigenvalue weighted by molar-refractivity contribution is 5.90. The number of ether oxygens (including phenoxy) is 4. The van der Waals surface area contributed by atoms with Gasteiger partial charge in [-0.05, 0) is 36.4 Å². The fourth-order valence-corrected chi connectivity index (χ4v) is 3.61. The fourth-order valence-electron chi connectivity index (χ4n) is 3.61. The van der Waals surface area contributed by atoms with Crippen molar-refractivity contribution in [2.45, 2.75) is 22.3 Å². The summed E-state index contributed by atoms with van der Waals surface area (Å²) in [5.41, 5.74) is 6.18. The van der Waals surface area contributed by atoms with Gasteiger partial charge in [-0.15, -0.1) is 0 Å².